The van der Waals surface area contributed by atoms with Crippen LogP contribution in [-0.4, -0.2) is 17.1 Å². The first-order chi connectivity index (χ1) is 13.7. The second-order valence-corrected chi connectivity index (χ2v) is 8.17. The third-order valence-corrected chi connectivity index (χ3v) is 4.79. The van der Waals surface area contributed by atoms with Crippen LogP contribution in [-0.2, 0) is 5.41 Å². The zero-order valence-corrected chi connectivity index (χ0v) is 17.7. The van der Waals surface area contributed by atoms with Gasteiger partial charge >= 0.3 is 0 Å². The first kappa shape index (κ1) is 20.7. The Morgan fingerprint density at radius 1 is 1.14 bits per heavy atom. The lowest BCUT2D eigenvalue weighted by Gasteiger charge is -2.24. The van der Waals surface area contributed by atoms with Gasteiger partial charge in [0.2, 0.25) is 5.28 Å². The Labute approximate surface area is 175 Å². The van der Waals surface area contributed by atoms with Gasteiger partial charge in [0.05, 0.1) is 12.7 Å². The van der Waals surface area contributed by atoms with Gasteiger partial charge in [-0.05, 0) is 52.4 Å². The van der Waals surface area contributed by atoms with Crippen molar-refractivity contribution in [2.24, 2.45) is 0 Å². The fraction of sp³-hybridized carbons (Fsp3) is 0.217. The molecule has 0 aliphatic carbocycles. The lowest BCUT2D eigenvalue weighted by Crippen LogP contribution is -2.15. The zero-order chi connectivity index (χ0) is 21.2. The van der Waals surface area contributed by atoms with Gasteiger partial charge in [-0.15, -0.1) is 0 Å². The maximum absolute atomic E-state index is 12.4. The van der Waals surface area contributed by atoms with Crippen LogP contribution in [0.3, 0.4) is 0 Å². The normalized spacial score (nSPS) is 11.8. The number of H-pyrrole nitrogens is 1. The van der Waals surface area contributed by atoms with Crippen LogP contribution in [0.2, 0.25) is 5.28 Å². The number of hydrogen-bond acceptors (Lipinski definition) is 4. The number of aromatic amines is 1. The Kier molecular flexibility index (Phi) is 5.80. The molecule has 0 saturated carbocycles. The van der Waals surface area contributed by atoms with Crippen LogP contribution in [0.15, 0.2) is 47.4 Å². The molecule has 6 heteroatoms. The van der Waals surface area contributed by atoms with E-state index in [1.54, 1.807) is 7.11 Å². The summed E-state index contributed by atoms with van der Waals surface area (Å²) in [6, 6.07) is 11.5. The van der Waals surface area contributed by atoms with E-state index in [0.29, 0.717) is 11.3 Å². The maximum Gasteiger partial charge on any atom is 0.259 e. The van der Waals surface area contributed by atoms with Gasteiger partial charge < -0.3 is 10.5 Å². The summed E-state index contributed by atoms with van der Waals surface area (Å²) in [5, 5.41) is 0.0618. The van der Waals surface area contributed by atoms with E-state index in [1.807, 2.05) is 48.6 Å². The van der Waals surface area contributed by atoms with E-state index < -0.39 is 0 Å². The van der Waals surface area contributed by atoms with Crippen LogP contribution in [0, 0.1) is 0 Å². The molecular weight excluding hydrogens is 386 g/mol. The minimum atomic E-state index is -0.288. The number of nitrogens with two attached hydrogens (primary N) is 1. The summed E-state index contributed by atoms with van der Waals surface area (Å²) in [6.45, 7) is 6.31. The van der Waals surface area contributed by atoms with Crippen molar-refractivity contribution in [3.63, 3.8) is 0 Å². The summed E-state index contributed by atoms with van der Waals surface area (Å²) >= 11 is 5.81. The molecule has 0 spiro atoms. The van der Waals surface area contributed by atoms with E-state index in [1.165, 1.54) is 6.20 Å². The average Bonchev–Trinajstić information content (AvgIpc) is 2.66. The van der Waals surface area contributed by atoms with Gasteiger partial charge in [0.15, 0.2) is 0 Å². The molecule has 0 radical (unpaired) electrons. The molecule has 0 atom stereocenters. The highest BCUT2D eigenvalue weighted by Crippen LogP contribution is 2.38. The standard InChI is InChI=1S/C23H24ClN3O2/c1-23(2,3)19-12-16(18-13-26-22(24)27-21(18)28)11-15(20(19)29-4)8-5-14-6-9-17(25)10-7-14/h5-13H,25H2,1-4H3,(H,26,27,28)/b8-5+. The first-order valence-electron chi connectivity index (χ1n) is 9.20. The van der Waals surface area contributed by atoms with Gasteiger partial charge in [-0.25, -0.2) is 4.98 Å². The van der Waals surface area contributed by atoms with E-state index in [-0.39, 0.29) is 16.3 Å². The Bertz CT molecular complexity index is 1110. The van der Waals surface area contributed by atoms with Gasteiger partial charge in [0, 0.05) is 23.0 Å². The van der Waals surface area contributed by atoms with Crippen molar-refractivity contribution < 1.29 is 4.74 Å². The molecule has 0 bridgehead atoms. The van der Waals surface area contributed by atoms with Crippen LogP contribution < -0.4 is 16.0 Å². The topological polar surface area (TPSA) is 81.0 Å². The van der Waals surface area contributed by atoms with E-state index in [0.717, 1.165) is 28.0 Å². The Balaban J connectivity index is 2.20. The van der Waals surface area contributed by atoms with E-state index in [2.05, 4.69) is 30.7 Å². The smallest absolute Gasteiger partial charge is 0.259 e. The second-order valence-electron chi connectivity index (χ2n) is 7.81. The molecule has 3 N–H and O–H groups in total. The quantitative estimate of drug-likeness (QED) is 0.354. The molecule has 1 heterocycles. The maximum atomic E-state index is 12.4. The van der Waals surface area contributed by atoms with Crippen molar-refractivity contribution in [1.82, 2.24) is 9.97 Å². The van der Waals surface area contributed by atoms with Gasteiger partial charge in [0.25, 0.3) is 5.56 Å². The number of ether oxygens (including phenoxy) is 1. The molecule has 150 valence electrons. The minimum Gasteiger partial charge on any atom is -0.496 e. The summed E-state index contributed by atoms with van der Waals surface area (Å²) in [6.07, 6.45) is 5.45. The highest BCUT2D eigenvalue weighted by Gasteiger charge is 2.23. The molecule has 0 saturated heterocycles. The number of halogens is 1. The Hall–Kier alpha value is -3.05. The molecule has 3 rings (SSSR count). The molecule has 0 amide bonds. The van der Waals surface area contributed by atoms with Crippen LogP contribution in [0.1, 0.15) is 37.5 Å². The number of methoxy groups -OCH3 is 1. The summed E-state index contributed by atoms with van der Waals surface area (Å²) < 4.78 is 5.76. The number of aromatic nitrogens is 2. The molecule has 0 aliphatic heterocycles. The number of rotatable bonds is 4. The molecule has 2 aromatic carbocycles. The van der Waals surface area contributed by atoms with Crippen molar-refractivity contribution in [2.75, 3.05) is 12.8 Å². The van der Waals surface area contributed by atoms with Gasteiger partial charge in [-0.3, -0.25) is 9.78 Å². The van der Waals surface area contributed by atoms with Gasteiger partial charge in [0.1, 0.15) is 5.75 Å². The molecule has 5 nitrogen and oxygen atoms in total. The molecule has 0 fully saturated rings. The fourth-order valence-electron chi connectivity index (χ4n) is 3.09. The Morgan fingerprint density at radius 2 is 1.83 bits per heavy atom. The lowest BCUT2D eigenvalue weighted by molar-refractivity contribution is 0.397. The molecule has 3 aromatic rings. The molecular formula is C23H24ClN3O2. The summed E-state index contributed by atoms with van der Waals surface area (Å²) in [7, 11) is 1.65. The Morgan fingerprint density at radius 3 is 2.41 bits per heavy atom. The van der Waals surface area contributed by atoms with Crippen LogP contribution in [0.25, 0.3) is 23.3 Å². The van der Waals surface area contributed by atoms with E-state index >= 15 is 0 Å². The minimum absolute atomic E-state index is 0.0618. The van der Waals surface area contributed by atoms with Gasteiger partial charge in [-0.2, -0.15) is 0 Å². The van der Waals surface area contributed by atoms with Crippen molar-refractivity contribution >= 4 is 29.4 Å². The van der Waals surface area contributed by atoms with Crippen molar-refractivity contribution in [3.05, 3.63) is 74.9 Å². The van der Waals surface area contributed by atoms with Crippen LogP contribution >= 0.6 is 11.6 Å². The van der Waals surface area contributed by atoms with E-state index in [9.17, 15) is 4.79 Å². The predicted octanol–water partition coefficient (Wildman–Crippen LogP) is 5.15. The van der Waals surface area contributed by atoms with Crippen LogP contribution in [0.4, 0.5) is 5.69 Å². The largest absolute Gasteiger partial charge is 0.496 e. The highest BCUT2D eigenvalue weighted by molar-refractivity contribution is 6.28. The molecule has 29 heavy (non-hydrogen) atoms. The summed E-state index contributed by atoms with van der Waals surface area (Å²) in [5.41, 5.74) is 10.1. The fourth-order valence-corrected chi connectivity index (χ4v) is 3.22. The number of nitrogen functional groups attached to an aromatic ring is 1. The number of benzene rings is 2. The van der Waals surface area contributed by atoms with E-state index in [4.69, 9.17) is 22.1 Å². The summed E-state index contributed by atoms with van der Waals surface area (Å²) in [4.78, 5) is 19.0. The SMILES string of the molecule is COc1c(/C=C/c2ccc(N)cc2)cc(-c2cnc(Cl)[nH]c2=O)cc1C(C)(C)C. The number of nitrogens with zero attached hydrogens (tertiary/aromatic N) is 1. The predicted molar refractivity (Wildman–Crippen MR) is 120 cm³/mol. The summed E-state index contributed by atoms with van der Waals surface area (Å²) in [5.74, 6) is 0.770. The zero-order valence-electron chi connectivity index (χ0n) is 16.9. The third-order valence-electron chi connectivity index (χ3n) is 4.60. The number of nitrogens with one attached hydrogen (secondary N) is 1. The first-order valence-corrected chi connectivity index (χ1v) is 9.58. The third kappa shape index (κ3) is 4.69. The molecule has 1 aromatic heterocycles. The molecule has 0 aliphatic rings. The lowest BCUT2D eigenvalue weighted by atomic mass is 9.83. The number of anilines is 1. The average molecular weight is 410 g/mol. The highest BCUT2D eigenvalue weighted by atomic mass is 35.5. The van der Waals surface area contributed by atoms with Crippen molar-refractivity contribution in [1.29, 1.82) is 0 Å². The molecule has 0 unspecified atom stereocenters. The van der Waals surface area contributed by atoms with Crippen LogP contribution in [0.5, 0.6) is 5.75 Å². The monoisotopic (exact) mass is 409 g/mol. The van der Waals surface area contributed by atoms with Crippen molar-refractivity contribution in [3.8, 4) is 16.9 Å². The number of hydrogen-bond donors (Lipinski definition) is 2. The van der Waals surface area contributed by atoms with Crippen molar-refractivity contribution in [2.45, 2.75) is 26.2 Å². The van der Waals surface area contributed by atoms with Gasteiger partial charge in [-0.1, -0.05) is 45.1 Å². The second kappa shape index (κ2) is 8.13.